The van der Waals surface area contributed by atoms with Crippen LogP contribution in [0.2, 0.25) is 0 Å². The van der Waals surface area contributed by atoms with E-state index in [0.29, 0.717) is 0 Å². The molecule has 0 aliphatic rings. The van der Waals surface area contributed by atoms with Crippen LogP contribution < -0.4 is 0 Å². The molecule has 0 aliphatic heterocycles. The fourth-order valence-electron chi connectivity index (χ4n) is 0. The monoisotopic (exact) mass is 188 g/mol. The number of hydrogen-bond donors (Lipinski definition) is 2. The van der Waals surface area contributed by atoms with Crippen molar-refractivity contribution < 1.29 is 5.02 Å². The van der Waals surface area contributed by atoms with Gasteiger partial charge >= 0.3 is 40.9 Å². The Balaban J connectivity index is 2.55. The van der Waals surface area contributed by atoms with Crippen molar-refractivity contribution in [2.24, 2.45) is 0 Å². The second-order valence-corrected chi connectivity index (χ2v) is 2.31. The third kappa shape index (κ3) is 3.10. The van der Waals surface area contributed by atoms with Crippen molar-refractivity contribution in [3.05, 3.63) is 0 Å². The van der Waals surface area contributed by atoms with Crippen LogP contribution >= 0.6 is 29.6 Å². The molecule has 0 saturated carbocycles. The van der Waals surface area contributed by atoms with Crippen LogP contribution in [0.3, 0.4) is 0 Å². The Morgan fingerprint density at radius 3 is 2.25 bits per heavy atom. The van der Waals surface area contributed by atoms with E-state index in [2.05, 4.69) is 0 Å². The number of rotatable bonds is 0. The summed E-state index contributed by atoms with van der Waals surface area (Å²) in [6.45, 7) is 0. The number of hydrogen-bond acceptors (Lipinski definition) is 0. The Morgan fingerprint density at radius 1 is 2.00 bits per heavy atom. The van der Waals surface area contributed by atoms with Gasteiger partial charge < -0.3 is 0 Å². The van der Waals surface area contributed by atoms with Gasteiger partial charge in [-0.15, -0.1) is 0 Å². The van der Waals surface area contributed by atoms with Crippen LogP contribution in [-0.2, 0) is 0 Å². The topological polar surface area (TPSA) is 20.2 Å². The summed E-state index contributed by atoms with van der Waals surface area (Å²) in [7, 11) is 0.899. The fourth-order valence-corrected chi connectivity index (χ4v) is 0. The summed E-state index contributed by atoms with van der Waals surface area (Å²) in [5.41, 5.74) is 0. The quantitative estimate of drug-likeness (QED) is 0.318. The molecule has 0 aliphatic carbocycles. The molecule has 4 heavy (non-hydrogen) atoms. The van der Waals surface area contributed by atoms with Crippen molar-refractivity contribution in [3.63, 3.8) is 0 Å². The van der Waals surface area contributed by atoms with Gasteiger partial charge in [-0.25, -0.2) is 0 Å². The van der Waals surface area contributed by atoms with E-state index in [4.69, 9.17) is 5.02 Å². The van der Waals surface area contributed by atoms with Crippen molar-refractivity contribution >= 4 is 35.9 Å². The molecule has 1 N–H and O–H groups in total. The van der Waals surface area contributed by atoms with Gasteiger partial charge in [0.2, 0.25) is 0 Å². The van der Waals surface area contributed by atoms with Crippen LogP contribution in [0.4, 0.5) is 0 Å². The molecule has 0 bridgehead atoms. The second kappa shape index (κ2) is 4.10. The van der Waals surface area contributed by atoms with Crippen molar-refractivity contribution in [3.8, 4) is 0 Å². The predicted octanol–water partition coefficient (Wildman–Crippen LogP) is 0.328. The standard InChI is InChI=1S/BH2IOS/c2-4-1-3/h3-4H. The van der Waals surface area contributed by atoms with E-state index in [9.17, 15) is 0 Å². The first-order valence-electron chi connectivity index (χ1n) is 0.685. The van der Waals surface area contributed by atoms with Crippen molar-refractivity contribution in [1.82, 2.24) is 0 Å². The molecular weight excluding hydrogens is 186 g/mol. The average Bonchev–Trinajstić information content (AvgIpc) is 1.37. The molecule has 0 unspecified atom stereocenters. The molecule has 0 amide bonds. The third-order valence-corrected chi connectivity index (χ3v) is 0.878. The van der Waals surface area contributed by atoms with E-state index < -0.39 is 0 Å². The first-order chi connectivity index (χ1) is 1.91. The van der Waals surface area contributed by atoms with E-state index >= 15 is 0 Å². The Bertz CT molecular complexity index is 23.2. The zero-order valence-corrected chi connectivity index (χ0v) is 4.90. The molecule has 0 heterocycles. The van der Waals surface area contributed by atoms with Crippen LogP contribution in [-0.4, -0.2) is 11.4 Å². The summed E-state index contributed by atoms with van der Waals surface area (Å²) < 4.78 is 0. The molecule has 0 fully saturated rings. The van der Waals surface area contributed by atoms with Gasteiger partial charge in [0.15, 0.2) is 0 Å². The van der Waals surface area contributed by atoms with Crippen LogP contribution in [0.25, 0.3) is 0 Å². The van der Waals surface area contributed by atoms with E-state index in [0.717, 1.165) is 14.7 Å². The van der Waals surface area contributed by atoms with Crippen molar-refractivity contribution in [2.75, 3.05) is 0 Å². The van der Waals surface area contributed by atoms with Crippen molar-refractivity contribution in [2.45, 2.75) is 0 Å². The van der Waals surface area contributed by atoms with Crippen LogP contribution in [0.15, 0.2) is 0 Å². The molecule has 1 nitrogen and oxygen atoms in total. The third-order valence-electron chi connectivity index (χ3n) is 0.0436. The van der Waals surface area contributed by atoms with Gasteiger partial charge in [-0.2, -0.15) is 0 Å². The molecule has 0 rings (SSSR count). The SMILES string of the molecule is O/B=[SH]/I. The molecule has 4 heteroatoms. The van der Waals surface area contributed by atoms with Gasteiger partial charge in [-0.3, -0.25) is 0 Å². The molecule has 0 saturated heterocycles. The minimum atomic E-state index is 0.899. The Morgan fingerprint density at radius 2 is 2.25 bits per heavy atom. The first kappa shape index (κ1) is 5.10. The van der Waals surface area contributed by atoms with Gasteiger partial charge in [0.25, 0.3) is 0 Å². The summed E-state index contributed by atoms with van der Waals surface area (Å²) in [4.78, 5) is 0. The molecule has 0 spiro atoms. The Labute approximate surface area is 41.1 Å². The second-order valence-electron chi connectivity index (χ2n) is 0.213. The molecule has 0 aromatic carbocycles. The van der Waals surface area contributed by atoms with E-state index in [1.165, 1.54) is 0 Å². The van der Waals surface area contributed by atoms with Crippen LogP contribution in [0, 0.1) is 0 Å². The summed E-state index contributed by atoms with van der Waals surface area (Å²) >= 11 is 2.02. The average molecular weight is 188 g/mol. The molecule has 24 valence electrons. The van der Waals surface area contributed by atoms with E-state index in [1.807, 2.05) is 21.2 Å². The predicted molar refractivity (Wildman–Crippen MR) is 31.0 cm³/mol. The van der Waals surface area contributed by atoms with Gasteiger partial charge in [0.05, 0.1) is 0 Å². The zero-order valence-electron chi connectivity index (χ0n) is 1.85. The Hall–Kier alpha value is 1.10. The zero-order chi connectivity index (χ0) is 3.41. The maximum atomic E-state index is 7.73. The van der Waals surface area contributed by atoms with E-state index in [-0.39, 0.29) is 0 Å². The number of thiol groups is 1. The summed E-state index contributed by atoms with van der Waals surface area (Å²) in [5.74, 6) is 0. The molecule has 0 aromatic heterocycles. The molecule has 0 aromatic rings. The van der Waals surface area contributed by atoms with E-state index in [1.54, 1.807) is 0 Å². The number of halogens is 1. The molecule has 0 atom stereocenters. The van der Waals surface area contributed by atoms with Crippen LogP contribution in [0.5, 0.6) is 0 Å². The van der Waals surface area contributed by atoms with Gasteiger partial charge in [0.1, 0.15) is 0 Å². The maximum absolute atomic E-state index is 7.73. The van der Waals surface area contributed by atoms with Gasteiger partial charge in [0, 0.05) is 0 Å². The minimum absolute atomic E-state index is 0.899. The normalized spacial score (nSPS) is 9.50. The molecular formula is H2BIOS. The Kier molecular flexibility index (Phi) is 5.24. The molecule has 0 radical (unpaired) electrons. The summed E-state index contributed by atoms with van der Waals surface area (Å²) in [5, 5.41) is 7.73. The summed E-state index contributed by atoms with van der Waals surface area (Å²) in [6.07, 6.45) is 1.08. The van der Waals surface area contributed by atoms with Gasteiger partial charge in [-0.1, -0.05) is 0 Å². The van der Waals surface area contributed by atoms with Crippen molar-refractivity contribution in [1.29, 1.82) is 0 Å². The fraction of sp³-hybridized carbons (Fsp3) is 0. The first-order valence-corrected chi connectivity index (χ1v) is 4.43. The summed E-state index contributed by atoms with van der Waals surface area (Å²) in [6, 6.07) is 0. The van der Waals surface area contributed by atoms with Gasteiger partial charge in [-0.05, 0) is 0 Å². The van der Waals surface area contributed by atoms with Crippen LogP contribution in [0.1, 0.15) is 0 Å².